The molecule has 0 radical (unpaired) electrons. The minimum Gasteiger partial charge on any atom is -0.497 e. The Morgan fingerprint density at radius 2 is 2.16 bits per heavy atom. The van der Waals surface area contributed by atoms with Gasteiger partial charge in [-0.3, -0.25) is 4.79 Å². The lowest BCUT2D eigenvalue weighted by Crippen LogP contribution is -2.39. The van der Waals surface area contributed by atoms with Gasteiger partial charge >= 0.3 is 0 Å². The number of hydrogen-bond donors (Lipinski definition) is 2. The molecule has 4 nitrogen and oxygen atoms in total. The minimum atomic E-state index is -0.0493. The molecular formula is C13H20ClIN2O2. The number of amides is 1. The Morgan fingerprint density at radius 1 is 1.47 bits per heavy atom. The number of carbonyl (C=O) groups excluding carboxylic acids is 1. The van der Waals surface area contributed by atoms with E-state index in [0.717, 1.165) is 15.9 Å². The molecule has 0 saturated heterocycles. The highest BCUT2D eigenvalue weighted by molar-refractivity contribution is 14.1. The predicted octanol–water partition coefficient (Wildman–Crippen LogP) is 2.45. The molecule has 19 heavy (non-hydrogen) atoms. The van der Waals surface area contributed by atoms with Gasteiger partial charge in [-0.15, -0.1) is 12.4 Å². The number of ether oxygens (including phenoxy) is 1. The van der Waals surface area contributed by atoms with E-state index in [0.29, 0.717) is 12.1 Å². The van der Waals surface area contributed by atoms with Crippen molar-refractivity contribution in [1.82, 2.24) is 10.6 Å². The number of methoxy groups -OCH3 is 1. The third kappa shape index (κ3) is 5.97. The predicted molar refractivity (Wildman–Crippen MR) is 88.4 cm³/mol. The lowest BCUT2D eigenvalue weighted by atomic mass is 10.2. The molecule has 1 amide bonds. The molecule has 6 heteroatoms. The van der Waals surface area contributed by atoms with Crippen LogP contribution in [0.5, 0.6) is 5.75 Å². The fourth-order valence-corrected chi connectivity index (χ4v) is 2.30. The van der Waals surface area contributed by atoms with Crippen LogP contribution in [-0.2, 0) is 0 Å². The summed E-state index contributed by atoms with van der Waals surface area (Å²) in [6.45, 7) is 5.61. The monoisotopic (exact) mass is 398 g/mol. The van der Waals surface area contributed by atoms with E-state index in [1.54, 1.807) is 19.2 Å². The highest BCUT2D eigenvalue weighted by Gasteiger charge is 2.11. The first-order chi connectivity index (χ1) is 8.58. The molecule has 0 saturated carbocycles. The molecule has 1 rings (SSSR count). The van der Waals surface area contributed by atoms with Gasteiger partial charge in [0.25, 0.3) is 5.91 Å². The van der Waals surface area contributed by atoms with Crippen LogP contribution in [0.1, 0.15) is 24.2 Å². The zero-order valence-corrected chi connectivity index (χ0v) is 14.3. The molecule has 108 valence electrons. The van der Waals surface area contributed by atoms with Gasteiger partial charge < -0.3 is 15.4 Å². The van der Waals surface area contributed by atoms with Gasteiger partial charge in [-0.05, 0) is 54.3 Å². The van der Waals surface area contributed by atoms with E-state index in [-0.39, 0.29) is 24.4 Å². The van der Waals surface area contributed by atoms with E-state index in [4.69, 9.17) is 4.74 Å². The van der Waals surface area contributed by atoms with Crippen LogP contribution in [0.2, 0.25) is 0 Å². The van der Waals surface area contributed by atoms with Crippen LogP contribution in [-0.4, -0.2) is 32.1 Å². The van der Waals surface area contributed by atoms with Crippen molar-refractivity contribution in [2.45, 2.75) is 19.9 Å². The van der Waals surface area contributed by atoms with Crippen LogP contribution >= 0.6 is 35.0 Å². The first-order valence-electron chi connectivity index (χ1n) is 5.93. The van der Waals surface area contributed by atoms with E-state index in [1.807, 2.05) is 19.9 Å². The Bertz CT molecular complexity index is 416. The number of rotatable bonds is 6. The van der Waals surface area contributed by atoms with Gasteiger partial charge in [0.05, 0.1) is 12.7 Å². The molecule has 0 heterocycles. The lowest BCUT2D eigenvalue weighted by Gasteiger charge is -2.14. The normalized spacial score (nSPS) is 11.4. The van der Waals surface area contributed by atoms with Crippen LogP contribution in [0.4, 0.5) is 0 Å². The van der Waals surface area contributed by atoms with Gasteiger partial charge in [-0.2, -0.15) is 0 Å². The maximum atomic E-state index is 12.0. The molecule has 0 aromatic heterocycles. The number of halogens is 2. The second-order valence-corrected chi connectivity index (χ2v) is 5.18. The summed E-state index contributed by atoms with van der Waals surface area (Å²) in [6, 6.07) is 5.71. The molecular weight excluding hydrogens is 379 g/mol. The molecule has 0 fully saturated rings. The smallest absolute Gasteiger partial charge is 0.252 e. The van der Waals surface area contributed by atoms with Crippen molar-refractivity contribution in [2.75, 3.05) is 20.2 Å². The third-order valence-corrected chi connectivity index (χ3v) is 3.43. The van der Waals surface area contributed by atoms with Crippen molar-refractivity contribution in [1.29, 1.82) is 0 Å². The average molecular weight is 399 g/mol. The fraction of sp³-hybridized carbons (Fsp3) is 0.462. The fourth-order valence-electron chi connectivity index (χ4n) is 1.57. The molecule has 0 spiro atoms. The zero-order valence-electron chi connectivity index (χ0n) is 11.3. The van der Waals surface area contributed by atoms with Gasteiger partial charge in [-0.1, -0.05) is 6.92 Å². The van der Waals surface area contributed by atoms with Crippen LogP contribution in [0.3, 0.4) is 0 Å². The summed E-state index contributed by atoms with van der Waals surface area (Å²) < 4.78 is 6.00. The molecule has 1 atom stereocenters. The SMILES string of the molecule is CCN[C@H](C)CNC(=O)c1ccc(OC)cc1I.Cl. The highest BCUT2D eigenvalue weighted by atomic mass is 127. The van der Waals surface area contributed by atoms with Gasteiger partial charge in [0, 0.05) is 16.2 Å². The van der Waals surface area contributed by atoms with Crippen LogP contribution in [0, 0.1) is 3.57 Å². The number of nitrogens with one attached hydrogen (secondary N) is 2. The van der Waals surface area contributed by atoms with Crippen LogP contribution < -0.4 is 15.4 Å². The molecule has 0 bridgehead atoms. The Labute approximate surface area is 134 Å². The summed E-state index contributed by atoms with van der Waals surface area (Å²) in [6.07, 6.45) is 0. The van der Waals surface area contributed by atoms with E-state index in [2.05, 4.69) is 33.2 Å². The van der Waals surface area contributed by atoms with Crippen molar-refractivity contribution in [3.8, 4) is 5.75 Å². The average Bonchev–Trinajstić information content (AvgIpc) is 2.36. The van der Waals surface area contributed by atoms with Crippen molar-refractivity contribution in [3.05, 3.63) is 27.3 Å². The van der Waals surface area contributed by atoms with Crippen molar-refractivity contribution < 1.29 is 9.53 Å². The second-order valence-electron chi connectivity index (χ2n) is 4.01. The Balaban J connectivity index is 0.00000324. The van der Waals surface area contributed by atoms with Gasteiger partial charge in [0.1, 0.15) is 5.75 Å². The summed E-state index contributed by atoms with van der Waals surface area (Å²) in [7, 11) is 1.61. The van der Waals surface area contributed by atoms with E-state index < -0.39 is 0 Å². The van der Waals surface area contributed by atoms with Crippen LogP contribution in [0.15, 0.2) is 18.2 Å². The van der Waals surface area contributed by atoms with Gasteiger partial charge in [-0.25, -0.2) is 0 Å². The molecule has 1 aromatic carbocycles. The highest BCUT2D eigenvalue weighted by Crippen LogP contribution is 2.19. The Kier molecular flexibility index (Phi) is 9.12. The second kappa shape index (κ2) is 9.39. The summed E-state index contributed by atoms with van der Waals surface area (Å²) in [5.41, 5.74) is 0.681. The molecule has 0 aliphatic rings. The van der Waals surface area contributed by atoms with E-state index >= 15 is 0 Å². The standard InChI is InChI=1S/C13H19IN2O2.ClH/c1-4-15-9(2)8-16-13(17)11-6-5-10(18-3)7-12(11)14;/h5-7,9,15H,4,8H2,1-3H3,(H,16,17);1H/t9-;/m1./s1. The number of likely N-dealkylation sites (N-methyl/N-ethyl adjacent to an activating group) is 1. The lowest BCUT2D eigenvalue weighted by molar-refractivity contribution is 0.0949. The third-order valence-electron chi connectivity index (χ3n) is 2.54. The quantitative estimate of drug-likeness (QED) is 0.724. The molecule has 0 aliphatic heterocycles. The number of benzene rings is 1. The maximum absolute atomic E-state index is 12.0. The summed E-state index contributed by atoms with van der Waals surface area (Å²) in [5, 5.41) is 6.16. The number of hydrogen-bond acceptors (Lipinski definition) is 3. The van der Waals surface area contributed by atoms with Gasteiger partial charge in [0.15, 0.2) is 0 Å². The van der Waals surface area contributed by atoms with Crippen molar-refractivity contribution in [2.24, 2.45) is 0 Å². The maximum Gasteiger partial charge on any atom is 0.252 e. The van der Waals surface area contributed by atoms with E-state index in [9.17, 15) is 4.79 Å². The summed E-state index contributed by atoms with van der Waals surface area (Å²) in [5.74, 6) is 0.712. The molecule has 0 aliphatic carbocycles. The van der Waals surface area contributed by atoms with E-state index in [1.165, 1.54) is 0 Å². The van der Waals surface area contributed by atoms with Crippen LogP contribution in [0.25, 0.3) is 0 Å². The summed E-state index contributed by atoms with van der Waals surface area (Å²) >= 11 is 2.14. The molecule has 0 unspecified atom stereocenters. The zero-order chi connectivity index (χ0) is 13.5. The molecule has 2 N–H and O–H groups in total. The molecule has 1 aromatic rings. The Hall–Kier alpha value is -0.530. The largest absolute Gasteiger partial charge is 0.497 e. The summed E-state index contributed by atoms with van der Waals surface area (Å²) in [4.78, 5) is 12.0. The topological polar surface area (TPSA) is 50.4 Å². The Morgan fingerprint density at radius 3 is 2.68 bits per heavy atom. The van der Waals surface area contributed by atoms with Crippen molar-refractivity contribution in [3.63, 3.8) is 0 Å². The van der Waals surface area contributed by atoms with Gasteiger partial charge in [0.2, 0.25) is 0 Å². The first-order valence-corrected chi connectivity index (χ1v) is 7.01. The minimum absolute atomic E-state index is 0. The number of carbonyl (C=O) groups is 1. The first kappa shape index (κ1) is 18.5. The van der Waals surface area contributed by atoms with Crippen molar-refractivity contribution >= 4 is 40.9 Å².